The first-order valence-electron chi connectivity index (χ1n) is 8.81. The quantitative estimate of drug-likeness (QED) is 0.684. The fraction of sp³-hybridized carbons (Fsp3) is 0.611. The molecule has 1 fully saturated rings. The van der Waals surface area contributed by atoms with Crippen molar-refractivity contribution >= 4 is 16.1 Å². The lowest BCUT2D eigenvalue weighted by atomic mass is 10.0. The van der Waals surface area contributed by atoms with Gasteiger partial charge in [0.25, 0.3) is 0 Å². The monoisotopic (exact) mass is 416 g/mol. The fourth-order valence-corrected chi connectivity index (χ4v) is 4.07. The maximum absolute atomic E-state index is 12.5. The average Bonchev–Trinajstić information content (AvgIpc) is 2.61. The molecule has 1 aromatic rings. The predicted octanol–water partition coefficient (Wildman–Crippen LogP) is 1.10. The zero-order valence-electron chi connectivity index (χ0n) is 16.8. The first kappa shape index (κ1) is 22.3. The second kappa shape index (κ2) is 8.54. The Morgan fingerprint density at radius 3 is 2.50 bits per heavy atom. The van der Waals surface area contributed by atoms with Crippen molar-refractivity contribution in [2.75, 3.05) is 26.5 Å². The van der Waals surface area contributed by atoms with Crippen LogP contribution in [0.15, 0.2) is 18.2 Å². The Morgan fingerprint density at radius 1 is 1.29 bits per heavy atom. The summed E-state index contributed by atoms with van der Waals surface area (Å²) in [4.78, 5) is 13.4. The van der Waals surface area contributed by atoms with Crippen LogP contribution in [0.4, 0.5) is 4.79 Å². The maximum Gasteiger partial charge on any atom is 0.410 e. The Bertz CT molecular complexity index is 805. The lowest BCUT2D eigenvalue weighted by molar-refractivity contribution is -0.0628. The molecule has 1 aliphatic heterocycles. The van der Waals surface area contributed by atoms with Gasteiger partial charge in [0.15, 0.2) is 0 Å². The minimum atomic E-state index is -3.77. The van der Waals surface area contributed by atoms with Crippen LogP contribution in [-0.2, 0) is 21.3 Å². The molecule has 28 heavy (non-hydrogen) atoms. The molecule has 1 saturated heterocycles. The minimum absolute atomic E-state index is 0.00472. The molecule has 2 atom stereocenters. The molecular formula is C18H28N2O7S. The number of nitrogens with one attached hydrogen (secondary N) is 1. The van der Waals surface area contributed by atoms with E-state index in [9.17, 15) is 18.3 Å². The standard InChI is InChI=1S/C18H28N2O7S/c1-18(2,3)27-17(22)20-10-15(21)14(20)11-28(23,24)19-9-12-6-7-13(25-4)8-16(12)26-5/h6-8,14-15,19,21H,9-11H2,1-5H3. The van der Waals surface area contributed by atoms with E-state index in [4.69, 9.17) is 14.2 Å². The Balaban J connectivity index is 2.00. The van der Waals surface area contributed by atoms with E-state index >= 15 is 0 Å². The molecule has 0 bridgehead atoms. The molecule has 0 saturated carbocycles. The molecule has 2 unspecified atom stereocenters. The number of carbonyl (C=O) groups excluding carboxylic acids is 1. The highest BCUT2D eigenvalue weighted by Crippen LogP contribution is 2.26. The molecule has 2 N–H and O–H groups in total. The number of carbonyl (C=O) groups is 1. The molecule has 10 heteroatoms. The van der Waals surface area contributed by atoms with Crippen molar-refractivity contribution in [1.82, 2.24) is 9.62 Å². The van der Waals surface area contributed by atoms with Crippen LogP contribution in [0, 0.1) is 0 Å². The summed E-state index contributed by atoms with van der Waals surface area (Å²) in [6.07, 6.45) is -1.56. The number of ether oxygens (including phenoxy) is 3. The summed E-state index contributed by atoms with van der Waals surface area (Å²) >= 11 is 0. The third-order valence-electron chi connectivity index (χ3n) is 4.22. The van der Waals surface area contributed by atoms with Gasteiger partial charge in [-0.05, 0) is 26.8 Å². The number of sulfonamides is 1. The molecule has 0 aromatic heterocycles. The van der Waals surface area contributed by atoms with Crippen LogP contribution in [0.5, 0.6) is 11.5 Å². The highest BCUT2D eigenvalue weighted by molar-refractivity contribution is 7.89. The van der Waals surface area contributed by atoms with Crippen molar-refractivity contribution in [3.8, 4) is 11.5 Å². The largest absolute Gasteiger partial charge is 0.497 e. The van der Waals surface area contributed by atoms with E-state index in [0.29, 0.717) is 17.1 Å². The number of nitrogens with zero attached hydrogens (tertiary/aromatic N) is 1. The topological polar surface area (TPSA) is 114 Å². The summed E-state index contributed by atoms with van der Waals surface area (Å²) in [5.74, 6) is 0.654. The molecule has 1 amide bonds. The number of hydrogen-bond acceptors (Lipinski definition) is 7. The number of rotatable bonds is 7. The molecule has 1 aliphatic rings. The summed E-state index contributed by atoms with van der Waals surface area (Å²) in [6.45, 7) is 5.20. The Kier molecular flexibility index (Phi) is 6.79. The first-order chi connectivity index (χ1) is 13.0. The van der Waals surface area contributed by atoms with Crippen molar-refractivity contribution in [2.45, 2.75) is 45.1 Å². The van der Waals surface area contributed by atoms with Gasteiger partial charge in [0, 0.05) is 18.2 Å². The van der Waals surface area contributed by atoms with Crippen LogP contribution >= 0.6 is 0 Å². The molecule has 0 aliphatic carbocycles. The summed E-state index contributed by atoms with van der Waals surface area (Å²) < 4.78 is 43.0. The number of aliphatic hydroxyl groups is 1. The second-order valence-corrected chi connectivity index (χ2v) is 9.40. The molecule has 158 valence electrons. The summed E-state index contributed by atoms with van der Waals surface area (Å²) in [7, 11) is -0.762. The number of hydrogen-bond donors (Lipinski definition) is 2. The van der Waals surface area contributed by atoms with Gasteiger partial charge in [0.05, 0.1) is 38.7 Å². The smallest absolute Gasteiger partial charge is 0.410 e. The molecule has 1 heterocycles. The molecule has 0 radical (unpaired) electrons. The third-order valence-corrected chi connectivity index (χ3v) is 5.59. The van der Waals surface area contributed by atoms with Gasteiger partial charge >= 0.3 is 6.09 Å². The van der Waals surface area contributed by atoms with Crippen molar-refractivity contribution in [2.24, 2.45) is 0 Å². The number of methoxy groups -OCH3 is 2. The molecular weight excluding hydrogens is 388 g/mol. The lowest BCUT2D eigenvalue weighted by Gasteiger charge is -2.44. The van der Waals surface area contributed by atoms with Crippen molar-refractivity contribution in [3.05, 3.63) is 23.8 Å². The number of likely N-dealkylation sites (tertiary alicyclic amines) is 1. The van der Waals surface area contributed by atoms with E-state index in [0.717, 1.165) is 0 Å². The minimum Gasteiger partial charge on any atom is -0.497 e. The lowest BCUT2D eigenvalue weighted by Crippen LogP contribution is -2.65. The van der Waals surface area contributed by atoms with Gasteiger partial charge in [-0.3, -0.25) is 4.90 Å². The van der Waals surface area contributed by atoms with Gasteiger partial charge in [-0.2, -0.15) is 0 Å². The zero-order chi connectivity index (χ0) is 21.1. The first-order valence-corrected chi connectivity index (χ1v) is 10.5. The summed E-state index contributed by atoms with van der Waals surface area (Å²) in [6, 6.07) is 4.20. The normalized spacial score (nSPS) is 19.7. The molecule has 9 nitrogen and oxygen atoms in total. The van der Waals surface area contributed by atoms with E-state index in [1.807, 2.05) is 0 Å². The number of aliphatic hydroxyl groups excluding tert-OH is 1. The van der Waals surface area contributed by atoms with Gasteiger partial charge in [-0.25, -0.2) is 17.9 Å². The average molecular weight is 416 g/mol. The van der Waals surface area contributed by atoms with Crippen LogP contribution in [-0.4, -0.2) is 68.8 Å². The zero-order valence-corrected chi connectivity index (χ0v) is 17.6. The van der Waals surface area contributed by atoms with Crippen LogP contribution in [0.3, 0.4) is 0 Å². The van der Waals surface area contributed by atoms with Gasteiger partial charge in [-0.1, -0.05) is 6.07 Å². The summed E-state index contributed by atoms with van der Waals surface area (Å²) in [5, 5.41) is 9.94. The molecule has 0 spiro atoms. The maximum atomic E-state index is 12.5. The Morgan fingerprint density at radius 2 is 1.96 bits per heavy atom. The Hall–Kier alpha value is -2.04. The summed E-state index contributed by atoms with van der Waals surface area (Å²) in [5.41, 5.74) is -0.0745. The van der Waals surface area contributed by atoms with E-state index in [1.54, 1.807) is 39.0 Å². The van der Waals surface area contributed by atoms with Crippen LogP contribution < -0.4 is 14.2 Å². The Labute approximate surface area is 165 Å². The van der Waals surface area contributed by atoms with Crippen LogP contribution in [0.2, 0.25) is 0 Å². The van der Waals surface area contributed by atoms with E-state index in [-0.39, 0.29) is 13.1 Å². The highest BCUT2D eigenvalue weighted by Gasteiger charge is 2.45. The van der Waals surface area contributed by atoms with Gasteiger partial charge in [0.2, 0.25) is 10.0 Å². The van der Waals surface area contributed by atoms with E-state index < -0.39 is 39.6 Å². The third kappa shape index (κ3) is 5.73. The fourth-order valence-electron chi connectivity index (χ4n) is 2.73. The van der Waals surface area contributed by atoms with Gasteiger partial charge < -0.3 is 19.3 Å². The predicted molar refractivity (Wildman–Crippen MR) is 103 cm³/mol. The van der Waals surface area contributed by atoms with Crippen molar-refractivity contribution in [1.29, 1.82) is 0 Å². The second-order valence-electron chi connectivity index (χ2n) is 7.55. The highest BCUT2D eigenvalue weighted by atomic mass is 32.2. The SMILES string of the molecule is COc1ccc(CNS(=O)(=O)CC2C(O)CN2C(=O)OC(C)(C)C)c(OC)c1. The molecule has 2 rings (SSSR count). The van der Waals surface area contributed by atoms with Crippen molar-refractivity contribution < 1.29 is 32.5 Å². The van der Waals surface area contributed by atoms with Crippen LogP contribution in [0.25, 0.3) is 0 Å². The van der Waals surface area contributed by atoms with Gasteiger partial charge in [-0.15, -0.1) is 0 Å². The van der Waals surface area contributed by atoms with Gasteiger partial charge in [0.1, 0.15) is 17.1 Å². The van der Waals surface area contributed by atoms with Crippen molar-refractivity contribution in [3.63, 3.8) is 0 Å². The van der Waals surface area contributed by atoms with E-state index in [1.165, 1.54) is 19.1 Å². The number of amides is 1. The molecule has 1 aromatic carbocycles. The van der Waals surface area contributed by atoms with Crippen LogP contribution in [0.1, 0.15) is 26.3 Å². The van der Waals surface area contributed by atoms with E-state index in [2.05, 4.69) is 4.72 Å². The number of β-amino-alcohol motifs (C(OH)–C–C–N with tert-alkyl or cyclic N) is 1. The number of benzene rings is 1.